The molecule has 1 amide bonds. The molecule has 31 heavy (non-hydrogen) atoms. The lowest BCUT2D eigenvalue weighted by atomic mass is 10.0. The van der Waals surface area contributed by atoms with Crippen LogP contribution in [0.25, 0.3) is 11.3 Å². The predicted molar refractivity (Wildman–Crippen MR) is 114 cm³/mol. The smallest absolute Gasteiger partial charge is 0.229 e. The number of carbonyl (C=O) groups is 1. The van der Waals surface area contributed by atoms with E-state index in [9.17, 15) is 9.18 Å². The lowest BCUT2D eigenvalue weighted by molar-refractivity contribution is -0.114. The van der Waals surface area contributed by atoms with Crippen LogP contribution in [-0.4, -0.2) is 56.6 Å². The Morgan fingerprint density at radius 3 is 2.61 bits per heavy atom. The minimum Gasteiger partial charge on any atom is -0.379 e. The summed E-state index contributed by atoms with van der Waals surface area (Å²) in [5.41, 5.74) is 2.43. The van der Waals surface area contributed by atoms with E-state index in [1.807, 2.05) is 12.3 Å². The Hall–Kier alpha value is -3.17. The number of nitrogens with zero attached hydrogens (tertiary/aromatic N) is 5. The Kier molecular flexibility index (Phi) is 6.34. The summed E-state index contributed by atoms with van der Waals surface area (Å²) < 4.78 is 20.9. The molecule has 162 valence electrons. The van der Waals surface area contributed by atoms with Crippen LogP contribution >= 0.6 is 0 Å². The van der Waals surface area contributed by atoms with Gasteiger partial charge in [0.05, 0.1) is 37.1 Å². The number of rotatable bonds is 6. The summed E-state index contributed by atoms with van der Waals surface area (Å²) in [6.07, 6.45) is 5.36. The Morgan fingerprint density at radius 1 is 1.16 bits per heavy atom. The van der Waals surface area contributed by atoms with E-state index in [0.717, 1.165) is 30.0 Å². The minimum atomic E-state index is -0.276. The normalized spacial score (nSPS) is 16.6. The van der Waals surface area contributed by atoms with E-state index in [-0.39, 0.29) is 29.8 Å². The molecular weight excluding hydrogens is 399 g/mol. The summed E-state index contributed by atoms with van der Waals surface area (Å²) in [4.78, 5) is 27.0. The van der Waals surface area contributed by atoms with Gasteiger partial charge in [0.25, 0.3) is 0 Å². The summed E-state index contributed by atoms with van der Waals surface area (Å²) in [5.74, 6) is -0.228. The third-order valence-electron chi connectivity index (χ3n) is 5.35. The fraction of sp³-hybridized carbons (Fsp3) is 0.364. The fourth-order valence-electron chi connectivity index (χ4n) is 3.85. The van der Waals surface area contributed by atoms with E-state index in [1.54, 1.807) is 24.7 Å². The number of hydrogen-bond acceptors (Lipinski definition) is 6. The maximum Gasteiger partial charge on any atom is 0.229 e. The average molecular weight is 424 g/mol. The van der Waals surface area contributed by atoms with Crippen molar-refractivity contribution in [3.63, 3.8) is 0 Å². The fourth-order valence-corrected chi connectivity index (χ4v) is 3.85. The molecule has 0 saturated carbocycles. The summed E-state index contributed by atoms with van der Waals surface area (Å²) in [5, 5.41) is 2.64. The highest BCUT2D eigenvalue weighted by atomic mass is 19.1. The molecule has 0 bridgehead atoms. The number of nitrogens with one attached hydrogen (secondary N) is 1. The van der Waals surface area contributed by atoms with Crippen LogP contribution < -0.4 is 5.32 Å². The topological polar surface area (TPSA) is 85.2 Å². The molecule has 1 saturated heterocycles. The van der Waals surface area contributed by atoms with E-state index in [0.29, 0.717) is 13.2 Å². The number of anilines is 1. The Labute approximate surface area is 180 Å². The molecule has 8 nitrogen and oxygen atoms in total. The van der Waals surface area contributed by atoms with Crippen LogP contribution in [0, 0.1) is 5.82 Å². The second-order valence-corrected chi connectivity index (χ2v) is 7.55. The molecular formula is C22H25FN6O2. The van der Waals surface area contributed by atoms with Crippen molar-refractivity contribution in [3.8, 4) is 11.3 Å². The zero-order valence-corrected chi connectivity index (χ0v) is 17.5. The van der Waals surface area contributed by atoms with Crippen molar-refractivity contribution in [2.45, 2.75) is 25.9 Å². The number of halogens is 1. The Bertz CT molecular complexity index is 1030. The average Bonchev–Trinajstić information content (AvgIpc) is 3.24. The van der Waals surface area contributed by atoms with Crippen molar-refractivity contribution >= 4 is 11.9 Å². The quantitative estimate of drug-likeness (QED) is 0.655. The minimum absolute atomic E-state index is 0.0242. The second kappa shape index (κ2) is 9.32. The van der Waals surface area contributed by atoms with Crippen molar-refractivity contribution in [1.29, 1.82) is 0 Å². The Balaban J connectivity index is 1.66. The lowest BCUT2D eigenvalue weighted by Crippen LogP contribution is -2.43. The van der Waals surface area contributed by atoms with Crippen molar-refractivity contribution in [3.05, 3.63) is 60.6 Å². The van der Waals surface area contributed by atoms with Gasteiger partial charge in [0.15, 0.2) is 0 Å². The first-order chi connectivity index (χ1) is 15.0. The molecule has 1 aliphatic heterocycles. The molecule has 0 aliphatic carbocycles. The molecule has 4 rings (SSSR count). The molecule has 3 aromatic rings. The van der Waals surface area contributed by atoms with E-state index in [2.05, 4.69) is 36.7 Å². The van der Waals surface area contributed by atoms with Gasteiger partial charge < -0.3 is 9.30 Å². The number of carbonyl (C=O) groups excluding carboxylic acids is 1. The highest BCUT2D eigenvalue weighted by Gasteiger charge is 2.30. The first-order valence-corrected chi connectivity index (χ1v) is 10.2. The van der Waals surface area contributed by atoms with Crippen molar-refractivity contribution < 1.29 is 13.9 Å². The van der Waals surface area contributed by atoms with Crippen LogP contribution in [0.15, 0.2) is 49.1 Å². The van der Waals surface area contributed by atoms with Gasteiger partial charge in [0, 0.05) is 43.9 Å². The van der Waals surface area contributed by atoms with Gasteiger partial charge in [-0.2, -0.15) is 0 Å². The van der Waals surface area contributed by atoms with Gasteiger partial charge in [-0.1, -0.05) is 6.92 Å². The molecule has 2 unspecified atom stereocenters. The standard InChI is InChI=1S/C22H25FN6O2/c1-15(19-7-8-24-22(27-19)26-16(2)30)21(28-9-11-31-12-10-28)29-13-20(25-14-29)17-3-5-18(23)6-4-17/h3-8,13-15,21H,9-12H2,1-2H3,(H,24,26,27,30). The van der Waals surface area contributed by atoms with E-state index in [1.165, 1.54) is 19.1 Å². The van der Waals surface area contributed by atoms with Crippen LogP contribution in [0.5, 0.6) is 0 Å². The zero-order valence-electron chi connectivity index (χ0n) is 17.5. The number of amides is 1. The highest BCUT2D eigenvalue weighted by Crippen LogP contribution is 2.32. The molecule has 0 radical (unpaired) electrons. The maximum atomic E-state index is 13.3. The van der Waals surface area contributed by atoms with Crippen LogP contribution in [-0.2, 0) is 9.53 Å². The molecule has 0 spiro atoms. The third-order valence-corrected chi connectivity index (χ3v) is 5.35. The van der Waals surface area contributed by atoms with Crippen LogP contribution in [0.1, 0.15) is 31.6 Å². The SMILES string of the molecule is CC(=O)Nc1nccc(C(C)C(N2CCOCC2)n2cnc(-c3ccc(F)cc3)c2)n1. The summed E-state index contributed by atoms with van der Waals surface area (Å²) in [6, 6.07) is 8.17. The highest BCUT2D eigenvalue weighted by molar-refractivity contribution is 5.86. The van der Waals surface area contributed by atoms with E-state index in [4.69, 9.17) is 4.74 Å². The largest absolute Gasteiger partial charge is 0.379 e. The molecule has 1 N–H and O–H groups in total. The summed E-state index contributed by atoms with van der Waals surface area (Å²) in [7, 11) is 0. The number of morpholine rings is 1. The van der Waals surface area contributed by atoms with Crippen LogP contribution in [0.3, 0.4) is 0 Å². The van der Waals surface area contributed by atoms with Crippen LogP contribution in [0.4, 0.5) is 10.3 Å². The van der Waals surface area contributed by atoms with Crippen molar-refractivity contribution in [2.24, 2.45) is 0 Å². The lowest BCUT2D eigenvalue weighted by Gasteiger charge is -2.38. The predicted octanol–water partition coefficient (Wildman–Crippen LogP) is 3.07. The van der Waals surface area contributed by atoms with E-state index < -0.39 is 0 Å². The molecule has 1 fully saturated rings. The van der Waals surface area contributed by atoms with Gasteiger partial charge in [0.2, 0.25) is 11.9 Å². The van der Waals surface area contributed by atoms with Gasteiger partial charge >= 0.3 is 0 Å². The van der Waals surface area contributed by atoms with Crippen LogP contribution in [0.2, 0.25) is 0 Å². The number of aromatic nitrogens is 4. The molecule has 9 heteroatoms. The molecule has 3 heterocycles. The number of benzene rings is 1. The molecule has 1 aliphatic rings. The summed E-state index contributed by atoms with van der Waals surface area (Å²) in [6.45, 7) is 6.40. The van der Waals surface area contributed by atoms with Gasteiger partial charge in [-0.3, -0.25) is 15.0 Å². The summed E-state index contributed by atoms with van der Waals surface area (Å²) >= 11 is 0. The first kappa shape index (κ1) is 21.1. The number of imidazole rings is 1. The monoisotopic (exact) mass is 424 g/mol. The molecule has 2 aromatic heterocycles. The van der Waals surface area contributed by atoms with Gasteiger partial charge in [-0.05, 0) is 30.3 Å². The van der Waals surface area contributed by atoms with Crippen molar-refractivity contribution in [1.82, 2.24) is 24.4 Å². The second-order valence-electron chi connectivity index (χ2n) is 7.55. The zero-order chi connectivity index (χ0) is 21.8. The van der Waals surface area contributed by atoms with Gasteiger partial charge in [-0.25, -0.2) is 19.3 Å². The van der Waals surface area contributed by atoms with E-state index >= 15 is 0 Å². The molecule has 2 atom stereocenters. The molecule has 1 aromatic carbocycles. The maximum absolute atomic E-state index is 13.3. The Morgan fingerprint density at radius 2 is 1.90 bits per heavy atom. The van der Waals surface area contributed by atoms with Crippen molar-refractivity contribution in [2.75, 3.05) is 31.6 Å². The first-order valence-electron chi connectivity index (χ1n) is 10.2. The van der Waals surface area contributed by atoms with Gasteiger partial charge in [-0.15, -0.1) is 0 Å². The number of ether oxygens (including phenoxy) is 1. The van der Waals surface area contributed by atoms with Gasteiger partial charge in [0.1, 0.15) is 5.82 Å². The third kappa shape index (κ3) is 4.95. The number of hydrogen-bond donors (Lipinski definition) is 1.